The standard InChI is InChI=1S/C18H34O7S.Na.H/c1-5-8-9-10-13-18(11-6-2,12-7-3)25-16(21)17(4,14-15(19)20)26(22,23)24;;/h5-14H2,1-4H3,(H,19,20)(H,22,23,24);;. The summed E-state index contributed by atoms with van der Waals surface area (Å²) in [5.41, 5.74) is -0.835. The van der Waals surface area contributed by atoms with Crippen LogP contribution in [-0.4, -0.2) is 69.9 Å². The van der Waals surface area contributed by atoms with Crippen LogP contribution in [0, 0.1) is 0 Å². The average molecular weight is 419 g/mol. The van der Waals surface area contributed by atoms with Crippen molar-refractivity contribution in [2.24, 2.45) is 0 Å². The molecule has 0 amide bonds. The van der Waals surface area contributed by atoms with Gasteiger partial charge in [-0.3, -0.25) is 14.1 Å². The molecule has 0 aliphatic carbocycles. The molecule has 0 spiro atoms. The van der Waals surface area contributed by atoms with E-state index in [-0.39, 0.29) is 29.6 Å². The van der Waals surface area contributed by atoms with E-state index >= 15 is 0 Å². The van der Waals surface area contributed by atoms with Gasteiger partial charge in [-0.25, -0.2) is 0 Å². The maximum atomic E-state index is 12.7. The molecule has 0 aromatic heterocycles. The van der Waals surface area contributed by atoms with Crippen LogP contribution in [0.4, 0.5) is 0 Å². The van der Waals surface area contributed by atoms with Crippen LogP contribution in [0.1, 0.15) is 91.9 Å². The Bertz CT molecular complexity index is 556. The summed E-state index contributed by atoms with van der Waals surface area (Å²) in [5.74, 6) is -2.69. The number of esters is 1. The van der Waals surface area contributed by atoms with E-state index < -0.39 is 38.8 Å². The van der Waals surface area contributed by atoms with Crippen LogP contribution < -0.4 is 0 Å². The minimum atomic E-state index is -4.95. The van der Waals surface area contributed by atoms with Crippen molar-refractivity contribution >= 4 is 51.6 Å². The Morgan fingerprint density at radius 2 is 1.44 bits per heavy atom. The SMILES string of the molecule is CCCCCCC(CCC)(CCC)OC(=O)C(C)(CC(=O)O)S(=O)(=O)O.[NaH]. The third kappa shape index (κ3) is 9.26. The summed E-state index contributed by atoms with van der Waals surface area (Å²) >= 11 is 0. The van der Waals surface area contributed by atoms with Crippen LogP contribution in [0.2, 0.25) is 0 Å². The fourth-order valence-corrected chi connectivity index (χ4v) is 3.73. The molecule has 0 saturated carbocycles. The molecule has 0 aromatic carbocycles. The van der Waals surface area contributed by atoms with Gasteiger partial charge >= 0.3 is 41.5 Å². The number of rotatable bonds is 14. The van der Waals surface area contributed by atoms with Gasteiger partial charge in [0.05, 0.1) is 6.42 Å². The van der Waals surface area contributed by atoms with Crippen molar-refractivity contribution in [2.45, 2.75) is 102 Å². The molecule has 7 nitrogen and oxygen atoms in total. The van der Waals surface area contributed by atoms with Crippen molar-refractivity contribution < 1.29 is 32.4 Å². The summed E-state index contributed by atoms with van der Waals surface area (Å²) < 4.78 is 36.0. The second kappa shape index (κ2) is 13.1. The molecule has 0 fully saturated rings. The van der Waals surface area contributed by atoms with Crippen molar-refractivity contribution in [3.8, 4) is 0 Å². The zero-order valence-corrected chi connectivity index (χ0v) is 17.2. The van der Waals surface area contributed by atoms with Gasteiger partial charge in [0, 0.05) is 0 Å². The Balaban J connectivity index is 0. The van der Waals surface area contributed by atoms with Gasteiger partial charge in [-0.05, 0) is 32.6 Å². The molecular weight excluding hydrogens is 383 g/mol. The van der Waals surface area contributed by atoms with Gasteiger partial charge in [0.1, 0.15) is 5.60 Å². The van der Waals surface area contributed by atoms with Crippen LogP contribution in [-0.2, 0) is 24.4 Å². The Morgan fingerprint density at radius 1 is 0.926 bits per heavy atom. The predicted molar refractivity (Wildman–Crippen MR) is 107 cm³/mol. The van der Waals surface area contributed by atoms with E-state index in [2.05, 4.69) is 6.92 Å². The molecule has 0 heterocycles. The van der Waals surface area contributed by atoms with E-state index in [9.17, 15) is 22.6 Å². The third-order valence-electron chi connectivity index (χ3n) is 4.70. The number of carboxylic acid groups (broad SMARTS) is 1. The van der Waals surface area contributed by atoms with Crippen molar-refractivity contribution in [1.29, 1.82) is 0 Å². The van der Waals surface area contributed by atoms with Gasteiger partial charge < -0.3 is 9.84 Å². The Labute approximate surface area is 185 Å². The van der Waals surface area contributed by atoms with Gasteiger partial charge in [-0.1, -0.05) is 52.9 Å². The fourth-order valence-electron chi connectivity index (χ4n) is 3.18. The molecule has 0 saturated heterocycles. The van der Waals surface area contributed by atoms with E-state index in [0.717, 1.165) is 45.4 Å². The van der Waals surface area contributed by atoms with Gasteiger partial charge in [-0.15, -0.1) is 0 Å². The van der Waals surface area contributed by atoms with Crippen LogP contribution in [0.25, 0.3) is 0 Å². The van der Waals surface area contributed by atoms with Crippen LogP contribution in [0.15, 0.2) is 0 Å². The molecular formula is C18H35NaO7S. The summed E-state index contributed by atoms with van der Waals surface area (Å²) in [5, 5.41) is 8.98. The molecule has 1 atom stereocenters. The second-order valence-electron chi connectivity index (χ2n) is 7.16. The first-order valence-corrected chi connectivity index (χ1v) is 10.8. The summed E-state index contributed by atoms with van der Waals surface area (Å²) in [6, 6.07) is 0. The molecule has 156 valence electrons. The van der Waals surface area contributed by atoms with Crippen molar-refractivity contribution in [2.75, 3.05) is 0 Å². The van der Waals surface area contributed by atoms with Crippen LogP contribution in [0.5, 0.6) is 0 Å². The molecule has 0 aliphatic rings. The van der Waals surface area contributed by atoms with Crippen molar-refractivity contribution in [1.82, 2.24) is 0 Å². The van der Waals surface area contributed by atoms with Crippen LogP contribution >= 0.6 is 0 Å². The average Bonchev–Trinajstić information content (AvgIpc) is 2.50. The number of carbonyl (C=O) groups is 2. The Morgan fingerprint density at radius 3 is 1.81 bits per heavy atom. The van der Waals surface area contributed by atoms with Crippen molar-refractivity contribution in [3.63, 3.8) is 0 Å². The molecule has 0 rings (SSSR count). The first kappa shape index (κ1) is 29.1. The van der Waals surface area contributed by atoms with Gasteiger partial charge in [-0.2, -0.15) is 8.42 Å². The third-order valence-corrected chi connectivity index (χ3v) is 6.15. The van der Waals surface area contributed by atoms with Gasteiger partial charge in [0.25, 0.3) is 10.1 Å². The van der Waals surface area contributed by atoms with E-state index in [0.29, 0.717) is 19.3 Å². The predicted octanol–water partition coefficient (Wildman–Crippen LogP) is 3.31. The number of hydrogen-bond donors (Lipinski definition) is 2. The topological polar surface area (TPSA) is 118 Å². The number of carboxylic acids is 1. The molecule has 0 bridgehead atoms. The van der Waals surface area contributed by atoms with Crippen molar-refractivity contribution in [3.05, 3.63) is 0 Å². The minimum absolute atomic E-state index is 0. The summed E-state index contributed by atoms with van der Waals surface area (Å²) in [6.45, 7) is 6.89. The van der Waals surface area contributed by atoms with E-state index in [1.54, 1.807) is 0 Å². The molecule has 2 N–H and O–H groups in total. The molecule has 0 aliphatic heterocycles. The Hall–Kier alpha value is -0.150. The molecule has 27 heavy (non-hydrogen) atoms. The quantitative estimate of drug-likeness (QED) is 0.192. The number of hydrogen-bond acceptors (Lipinski definition) is 5. The van der Waals surface area contributed by atoms with E-state index in [1.807, 2.05) is 13.8 Å². The van der Waals surface area contributed by atoms with Crippen LogP contribution in [0.3, 0.4) is 0 Å². The number of unbranched alkanes of at least 4 members (excludes halogenated alkanes) is 3. The number of aliphatic carboxylic acids is 1. The Kier molecular flexibility index (Phi) is 14.1. The number of ether oxygens (including phenoxy) is 1. The fraction of sp³-hybridized carbons (Fsp3) is 0.889. The molecule has 1 unspecified atom stereocenters. The monoisotopic (exact) mass is 418 g/mol. The van der Waals surface area contributed by atoms with E-state index in [1.165, 1.54) is 0 Å². The summed E-state index contributed by atoms with van der Waals surface area (Å²) in [7, 11) is -4.95. The second-order valence-corrected chi connectivity index (χ2v) is 9.01. The van der Waals surface area contributed by atoms with Gasteiger partial charge in [0.2, 0.25) is 4.75 Å². The number of carbonyl (C=O) groups excluding carboxylic acids is 1. The maximum absolute atomic E-state index is 12.7. The van der Waals surface area contributed by atoms with Gasteiger partial charge in [0.15, 0.2) is 0 Å². The summed E-state index contributed by atoms with van der Waals surface area (Å²) in [6.07, 6.45) is 6.09. The summed E-state index contributed by atoms with van der Waals surface area (Å²) in [4.78, 5) is 23.7. The normalized spacial score (nSPS) is 14.1. The van der Waals surface area contributed by atoms with E-state index in [4.69, 9.17) is 9.84 Å². The molecule has 0 aromatic rings. The first-order valence-electron chi connectivity index (χ1n) is 9.40. The zero-order valence-electron chi connectivity index (χ0n) is 16.4. The molecule has 9 heteroatoms. The zero-order chi connectivity index (χ0) is 20.4. The molecule has 0 radical (unpaired) electrons. The first-order chi connectivity index (χ1) is 12.0.